The maximum atomic E-state index is 12.4. The SMILES string of the molecule is CN1CC[C@@](O)(c2cccc(-c3nc(-c4c[nH]c5ncccc45)cs3)c2)C1=O. The molecule has 7 heteroatoms. The average molecular weight is 390 g/mol. The van der Waals surface area contributed by atoms with E-state index in [1.165, 1.54) is 11.3 Å². The van der Waals surface area contributed by atoms with Crippen molar-refractivity contribution >= 4 is 28.3 Å². The topological polar surface area (TPSA) is 82.1 Å². The van der Waals surface area contributed by atoms with Crippen LogP contribution in [-0.2, 0) is 10.4 Å². The number of carbonyl (C=O) groups excluding carboxylic acids is 1. The fourth-order valence-corrected chi connectivity index (χ4v) is 4.55. The molecule has 3 aromatic heterocycles. The number of nitrogens with one attached hydrogen (secondary N) is 1. The number of thiazole rings is 1. The molecule has 6 nitrogen and oxygen atoms in total. The normalized spacial score (nSPS) is 19.6. The molecular formula is C21H18N4O2S. The smallest absolute Gasteiger partial charge is 0.258 e. The lowest BCUT2D eigenvalue weighted by Gasteiger charge is -2.21. The number of H-pyrrole nitrogens is 1. The minimum absolute atomic E-state index is 0.254. The maximum absolute atomic E-state index is 12.4. The minimum Gasteiger partial charge on any atom is -0.375 e. The highest BCUT2D eigenvalue weighted by Gasteiger charge is 2.45. The highest BCUT2D eigenvalue weighted by Crippen LogP contribution is 2.36. The van der Waals surface area contributed by atoms with Crippen molar-refractivity contribution in [1.29, 1.82) is 0 Å². The van der Waals surface area contributed by atoms with Gasteiger partial charge in [0.1, 0.15) is 10.7 Å². The molecule has 0 saturated carbocycles. The van der Waals surface area contributed by atoms with Gasteiger partial charge in [-0.25, -0.2) is 9.97 Å². The molecule has 1 amide bonds. The highest BCUT2D eigenvalue weighted by molar-refractivity contribution is 7.13. The Bertz CT molecular complexity index is 1200. The zero-order chi connectivity index (χ0) is 19.3. The monoisotopic (exact) mass is 390 g/mol. The molecule has 28 heavy (non-hydrogen) atoms. The number of carbonyl (C=O) groups is 1. The van der Waals surface area contributed by atoms with Crippen LogP contribution in [0, 0.1) is 0 Å². The minimum atomic E-state index is -1.45. The molecule has 0 radical (unpaired) electrons. The Morgan fingerprint density at radius 2 is 2.18 bits per heavy atom. The van der Waals surface area contributed by atoms with E-state index in [1.807, 2.05) is 41.9 Å². The summed E-state index contributed by atoms with van der Waals surface area (Å²) in [5.41, 5.74) is 2.77. The molecule has 1 atom stereocenters. The predicted molar refractivity (Wildman–Crippen MR) is 109 cm³/mol. The summed E-state index contributed by atoms with van der Waals surface area (Å²) in [4.78, 5) is 26.3. The van der Waals surface area contributed by atoms with Crippen LogP contribution in [0.4, 0.5) is 0 Å². The van der Waals surface area contributed by atoms with Crippen LogP contribution in [0.3, 0.4) is 0 Å². The van der Waals surface area contributed by atoms with Crippen molar-refractivity contribution < 1.29 is 9.90 Å². The van der Waals surface area contributed by atoms with Crippen LogP contribution in [-0.4, -0.2) is 44.5 Å². The number of likely N-dealkylation sites (N-methyl/N-ethyl adjacent to an activating group) is 1. The first-order valence-corrected chi connectivity index (χ1v) is 9.91. The Kier molecular flexibility index (Phi) is 3.82. The van der Waals surface area contributed by atoms with E-state index < -0.39 is 5.60 Å². The number of nitrogens with zero attached hydrogens (tertiary/aromatic N) is 3. The van der Waals surface area contributed by atoms with Crippen LogP contribution < -0.4 is 0 Å². The van der Waals surface area contributed by atoms with Crippen molar-refractivity contribution in [3.63, 3.8) is 0 Å². The number of aromatic amines is 1. The Morgan fingerprint density at radius 1 is 1.29 bits per heavy atom. The number of aliphatic hydroxyl groups is 1. The quantitative estimate of drug-likeness (QED) is 0.562. The molecule has 0 spiro atoms. The average Bonchev–Trinajstić information content (AvgIpc) is 3.43. The molecule has 1 aliphatic rings. The summed E-state index contributed by atoms with van der Waals surface area (Å²) in [5, 5.41) is 14.8. The van der Waals surface area contributed by atoms with Gasteiger partial charge in [0.05, 0.1) is 5.69 Å². The Labute approximate surface area is 165 Å². The van der Waals surface area contributed by atoms with E-state index in [0.29, 0.717) is 18.5 Å². The number of amides is 1. The molecule has 1 fully saturated rings. The summed E-state index contributed by atoms with van der Waals surface area (Å²) >= 11 is 1.54. The third-order valence-electron chi connectivity index (χ3n) is 5.33. The summed E-state index contributed by atoms with van der Waals surface area (Å²) < 4.78 is 0. The van der Waals surface area contributed by atoms with Crippen LogP contribution in [0.15, 0.2) is 54.2 Å². The van der Waals surface area contributed by atoms with Crippen molar-refractivity contribution in [2.45, 2.75) is 12.0 Å². The summed E-state index contributed by atoms with van der Waals surface area (Å²) in [5.74, 6) is -0.254. The van der Waals surface area contributed by atoms with Gasteiger partial charge in [0.2, 0.25) is 0 Å². The first kappa shape index (κ1) is 17.1. The predicted octanol–water partition coefficient (Wildman–Crippen LogP) is 3.40. The van der Waals surface area contributed by atoms with Gasteiger partial charge < -0.3 is 15.0 Å². The van der Waals surface area contributed by atoms with Gasteiger partial charge in [-0.05, 0) is 23.8 Å². The van der Waals surface area contributed by atoms with Gasteiger partial charge in [-0.1, -0.05) is 18.2 Å². The first-order valence-electron chi connectivity index (χ1n) is 9.03. The molecule has 0 unspecified atom stereocenters. The Hall–Kier alpha value is -3.03. The summed E-state index contributed by atoms with van der Waals surface area (Å²) in [7, 11) is 1.72. The van der Waals surface area contributed by atoms with Crippen LogP contribution in [0.1, 0.15) is 12.0 Å². The fourth-order valence-electron chi connectivity index (χ4n) is 3.73. The molecule has 4 aromatic rings. The zero-order valence-electron chi connectivity index (χ0n) is 15.2. The van der Waals surface area contributed by atoms with E-state index in [0.717, 1.165) is 32.9 Å². The lowest BCUT2D eigenvalue weighted by molar-refractivity contribution is -0.143. The van der Waals surface area contributed by atoms with Gasteiger partial charge in [-0.15, -0.1) is 11.3 Å². The Morgan fingerprint density at radius 3 is 3.00 bits per heavy atom. The van der Waals surface area contributed by atoms with Gasteiger partial charge in [-0.3, -0.25) is 4.79 Å². The van der Waals surface area contributed by atoms with E-state index in [4.69, 9.17) is 4.98 Å². The van der Waals surface area contributed by atoms with Crippen LogP contribution >= 0.6 is 11.3 Å². The number of benzene rings is 1. The molecule has 1 saturated heterocycles. The summed E-state index contributed by atoms with van der Waals surface area (Å²) in [6.45, 7) is 0.551. The van der Waals surface area contributed by atoms with Crippen molar-refractivity contribution in [2.24, 2.45) is 0 Å². The van der Waals surface area contributed by atoms with Crippen molar-refractivity contribution in [3.8, 4) is 21.8 Å². The van der Waals surface area contributed by atoms with Crippen molar-refractivity contribution in [1.82, 2.24) is 19.9 Å². The van der Waals surface area contributed by atoms with Gasteiger partial charge in [-0.2, -0.15) is 0 Å². The molecule has 2 N–H and O–H groups in total. The third-order valence-corrected chi connectivity index (χ3v) is 6.22. The van der Waals surface area contributed by atoms with E-state index in [9.17, 15) is 9.90 Å². The molecule has 4 heterocycles. The number of hydrogen-bond donors (Lipinski definition) is 2. The molecule has 140 valence electrons. The summed E-state index contributed by atoms with van der Waals surface area (Å²) in [6.07, 6.45) is 4.08. The standard InChI is InChI=1S/C21H18N4O2S/c1-25-9-7-21(27,20(25)26)14-5-2-4-13(10-14)19-24-17(12-28-19)16-11-23-18-15(16)6-3-8-22-18/h2-6,8,10-12,27H,7,9H2,1H3,(H,22,23)/t21-/m1/s1. The zero-order valence-corrected chi connectivity index (χ0v) is 16.0. The van der Waals surface area contributed by atoms with Crippen molar-refractivity contribution in [2.75, 3.05) is 13.6 Å². The van der Waals surface area contributed by atoms with Crippen LogP contribution in [0.2, 0.25) is 0 Å². The molecular weight excluding hydrogens is 372 g/mol. The molecule has 0 aliphatic carbocycles. The number of likely N-dealkylation sites (tertiary alicyclic amines) is 1. The number of aromatic nitrogens is 3. The van der Waals surface area contributed by atoms with Gasteiger partial charge in [0.15, 0.2) is 5.60 Å². The first-order chi connectivity index (χ1) is 13.6. The Balaban J connectivity index is 1.52. The second-order valence-corrected chi connectivity index (χ2v) is 7.92. The lowest BCUT2D eigenvalue weighted by atomic mass is 9.91. The number of hydrogen-bond acceptors (Lipinski definition) is 5. The highest BCUT2D eigenvalue weighted by atomic mass is 32.1. The molecule has 0 bridgehead atoms. The number of rotatable bonds is 3. The molecule has 5 rings (SSSR count). The van der Waals surface area contributed by atoms with Crippen molar-refractivity contribution in [3.05, 3.63) is 59.7 Å². The van der Waals surface area contributed by atoms with E-state index in [-0.39, 0.29) is 5.91 Å². The largest absolute Gasteiger partial charge is 0.375 e. The second-order valence-electron chi connectivity index (χ2n) is 7.06. The van der Waals surface area contributed by atoms with Crippen LogP contribution in [0.25, 0.3) is 32.9 Å². The van der Waals surface area contributed by atoms with E-state index in [2.05, 4.69) is 9.97 Å². The van der Waals surface area contributed by atoms with Gasteiger partial charge in [0.25, 0.3) is 5.91 Å². The van der Waals surface area contributed by atoms with E-state index in [1.54, 1.807) is 24.2 Å². The molecule has 1 aromatic carbocycles. The van der Waals surface area contributed by atoms with Gasteiger partial charge in [0, 0.05) is 54.3 Å². The summed E-state index contributed by atoms with van der Waals surface area (Å²) in [6, 6.07) is 11.4. The lowest BCUT2D eigenvalue weighted by Crippen LogP contribution is -2.36. The van der Waals surface area contributed by atoms with E-state index >= 15 is 0 Å². The number of fused-ring (bicyclic) bond motifs is 1. The van der Waals surface area contributed by atoms with Crippen LogP contribution in [0.5, 0.6) is 0 Å². The van der Waals surface area contributed by atoms with Gasteiger partial charge >= 0.3 is 0 Å². The maximum Gasteiger partial charge on any atom is 0.258 e. The number of pyridine rings is 1. The molecule has 1 aliphatic heterocycles. The second kappa shape index (κ2) is 6.25. The third kappa shape index (κ3) is 2.55. The fraction of sp³-hybridized carbons (Fsp3) is 0.190.